The number of carbonyl (C=O) groups is 2. The number of halogens is 1. The van der Waals surface area contributed by atoms with Gasteiger partial charge in [0.2, 0.25) is 5.91 Å². The summed E-state index contributed by atoms with van der Waals surface area (Å²) in [5, 5.41) is 0. The zero-order valence-electron chi connectivity index (χ0n) is 15.2. The Morgan fingerprint density at radius 2 is 1.78 bits per heavy atom. The van der Waals surface area contributed by atoms with Gasteiger partial charge in [-0.3, -0.25) is 20.4 Å². The molecule has 6 nitrogen and oxygen atoms in total. The van der Waals surface area contributed by atoms with Crippen molar-refractivity contribution in [2.24, 2.45) is 0 Å². The van der Waals surface area contributed by atoms with Crippen LogP contribution in [0.15, 0.2) is 42.5 Å². The van der Waals surface area contributed by atoms with E-state index in [1.165, 1.54) is 19.2 Å². The number of carbonyl (C=O) groups excluding carboxylic acids is 2. The molecule has 142 valence electrons. The number of methoxy groups -OCH3 is 1. The van der Waals surface area contributed by atoms with Crippen molar-refractivity contribution in [1.29, 1.82) is 0 Å². The van der Waals surface area contributed by atoms with Gasteiger partial charge < -0.3 is 9.47 Å². The first-order valence-corrected chi connectivity index (χ1v) is 8.68. The lowest BCUT2D eigenvalue weighted by Gasteiger charge is -2.16. The van der Waals surface area contributed by atoms with E-state index in [4.69, 9.17) is 9.47 Å². The Hall–Kier alpha value is -3.09. The molecule has 2 amide bonds. The van der Waals surface area contributed by atoms with Gasteiger partial charge in [0.1, 0.15) is 5.82 Å². The van der Waals surface area contributed by atoms with Gasteiger partial charge >= 0.3 is 0 Å². The second-order valence-electron chi connectivity index (χ2n) is 6.30. The number of amides is 2. The SMILES string of the molecule is CCOc1ccc(C(=O)NNC(=O)C2(c3ccc(F)cc3)CC2)cc1OC. The van der Waals surface area contributed by atoms with Crippen LogP contribution in [0.2, 0.25) is 0 Å². The lowest BCUT2D eigenvalue weighted by molar-refractivity contribution is -0.124. The van der Waals surface area contributed by atoms with Gasteiger partial charge in [0.15, 0.2) is 11.5 Å². The van der Waals surface area contributed by atoms with Crippen LogP contribution in [-0.4, -0.2) is 25.5 Å². The van der Waals surface area contributed by atoms with E-state index in [0.717, 1.165) is 5.56 Å². The fourth-order valence-electron chi connectivity index (χ4n) is 2.93. The van der Waals surface area contributed by atoms with E-state index >= 15 is 0 Å². The van der Waals surface area contributed by atoms with Gasteiger partial charge in [-0.2, -0.15) is 0 Å². The number of hydrogen-bond donors (Lipinski definition) is 2. The molecule has 1 saturated carbocycles. The highest BCUT2D eigenvalue weighted by atomic mass is 19.1. The highest BCUT2D eigenvalue weighted by Crippen LogP contribution is 2.48. The number of ether oxygens (including phenoxy) is 2. The summed E-state index contributed by atoms with van der Waals surface area (Å²) in [4.78, 5) is 24.9. The lowest BCUT2D eigenvalue weighted by atomic mass is 9.95. The van der Waals surface area contributed by atoms with Crippen LogP contribution >= 0.6 is 0 Å². The van der Waals surface area contributed by atoms with Crippen molar-refractivity contribution in [3.63, 3.8) is 0 Å². The molecule has 0 saturated heterocycles. The van der Waals surface area contributed by atoms with E-state index in [9.17, 15) is 14.0 Å². The normalized spacial score (nSPS) is 14.2. The topological polar surface area (TPSA) is 76.7 Å². The molecule has 1 fully saturated rings. The first-order valence-electron chi connectivity index (χ1n) is 8.68. The molecule has 2 N–H and O–H groups in total. The van der Waals surface area contributed by atoms with E-state index in [1.54, 1.807) is 30.3 Å². The first-order chi connectivity index (χ1) is 13.0. The Morgan fingerprint density at radius 1 is 1.07 bits per heavy atom. The third kappa shape index (κ3) is 3.86. The van der Waals surface area contributed by atoms with Crippen LogP contribution < -0.4 is 20.3 Å². The summed E-state index contributed by atoms with van der Waals surface area (Å²) in [5.74, 6) is -0.178. The van der Waals surface area contributed by atoms with Crippen molar-refractivity contribution < 1.29 is 23.5 Å². The summed E-state index contributed by atoms with van der Waals surface area (Å²) in [5.41, 5.74) is 5.23. The third-order valence-electron chi connectivity index (χ3n) is 4.60. The fourth-order valence-corrected chi connectivity index (χ4v) is 2.93. The molecule has 0 aromatic heterocycles. The van der Waals surface area contributed by atoms with Gasteiger partial charge in [-0.1, -0.05) is 12.1 Å². The van der Waals surface area contributed by atoms with Crippen LogP contribution in [0.25, 0.3) is 0 Å². The van der Waals surface area contributed by atoms with E-state index in [0.29, 0.717) is 36.5 Å². The minimum Gasteiger partial charge on any atom is -0.493 e. The predicted molar refractivity (Wildman–Crippen MR) is 97.1 cm³/mol. The maximum absolute atomic E-state index is 13.1. The van der Waals surface area contributed by atoms with Gasteiger partial charge in [0, 0.05) is 5.56 Å². The molecule has 1 aliphatic rings. The maximum atomic E-state index is 13.1. The molecule has 1 aliphatic carbocycles. The Bertz CT molecular complexity index is 848. The maximum Gasteiger partial charge on any atom is 0.269 e. The highest BCUT2D eigenvalue weighted by molar-refractivity contribution is 5.98. The minimum absolute atomic E-state index is 0.319. The molecule has 7 heteroatoms. The number of hydrogen-bond acceptors (Lipinski definition) is 4. The molecule has 0 aliphatic heterocycles. The second-order valence-corrected chi connectivity index (χ2v) is 6.30. The van der Waals surface area contributed by atoms with Crippen LogP contribution in [0.5, 0.6) is 11.5 Å². The van der Waals surface area contributed by atoms with Gasteiger partial charge in [0.25, 0.3) is 5.91 Å². The second kappa shape index (κ2) is 7.65. The molecule has 2 aromatic carbocycles. The Morgan fingerprint density at radius 3 is 2.37 bits per heavy atom. The van der Waals surface area contributed by atoms with E-state index < -0.39 is 11.3 Å². The minimum atomic E-state index is -0.711. The van der Waals surface area contributed by atoms with Crippen LogP contribution in [0, 0.1) is 5.82 Å². The molecule has 0 spiro atoms. The largest absolute Gasteiger partial charge is 0.493 e. The molecule has 3 rings (SSSR count). The predicted octanol–water partition coefficient (Wildman–Crippen LogP) is 2.73. The molecule has 0 radical (unpaired) electrons. The molecular formula is C20H21FN2O4. The van der Waals surface area contributed by atoms with E-state index in [-0.39, 0.29) is 11.7 Å². The van der Waals surface area contributed by atoms with Crippen molar-refractivity contribution in [1.82, 2.24) is 10.9 Å². The zero-order chi connectivity index (χ0) is 19.4. The number of hydrazine groups is 1. The Kier molecular flexibility index (Phi) is 5.30. The molecular weight excluding hydrogens is 351 g/mol. The molecule has 0 heterocycles. The Labute approximate surface area is 156 Å². The molecule has 0 unspecified atom stereocenters. The average Bonchev–Trinajstić information content (AvgIpc) is 3.49. The van der Waals surface area contributed by atoms with Crippen molar-refractivity contribution >= 4 is 11.8 Å². The third-order valence-corrected chi connectivity index (χ3v) is 4.60. The van der Waals surface area contributed by atoms with Gasteiger partial charge in [0.05, 0.1) is 19.1 Å². The van der Waals surface area contributed by atoms with Crippen LogP contribution in [0.3, 0.4) is 0 Å². The van der Waals surface area contributed by atoms with E-state index in [1.807, 2.05) is 6.92 Å². The summed E-state index contributed by atoms with van der Waals surface area (Å²) in [7, 11) is 1.49. The fraction of sp³-hybridized carbons (Fsp3) is 0.300. The lowest BCUT2D eigenvalue weighted by Crippen LogP contribution is -2.46. The quantitative estimate of drug-likeness (QED) is 0.765. The monoisotopic (exact) mass is 372 g/mol. The Balaban J connectivity index is 1.65. The van der Waals surface area contributed by atoms with Crippen molar-refractivity contribution in [2.45, 2.75) is 25.2 Å². The zero-order valence-corrected chi connectivity index (χ0v) is 15.2. The molecule has 27 heavy (non-hydrogen) atoms. The van der Waals surface area contributed by atoms with Gasteiger partial charge in [-0.15, -0.1) is 0 Å². The highest BCUT2D eigenvalue weighted by Gasteiger charge is 2.51. The van der Waals surface area contributed by atoms with E-state index in [2.05, 4.69) is 10.9 Å². The summed E-state index contributed by atoms with van der Waals surface area (Å²) < 4.78 is 23.7. The summed E-state index contributed by atoms with van der Waals surface area (Å²) in [6.07, 6.45) is 1.30. The summed E-state index contributed by atoms with van der Waals surface area (Å²) in [6.45, 7) is 2.33. The molecule has 0 atom stereocenters. The standard InChI is InChI=1S/C20H21FN2O4/c1-3-27-16-9-4-13(12-17(16)26-2)18(24)22-23-19(25)20(10-11-20)14-5-7-15(21)8-6-14/h4-9,12H,3,10-11H2,1-2H3,(H,22,24)(H,23,25). The molecule has 0 bridgehead atoms. The van der Waals surface area contributed by atoms with Crippen LogP contribution in [-0.2, 0) is 10.2 Å². The van der Waals surface area contributed by atoms with Gasteiger partial charge in [-0.05, 0) is 55.7 Å². The number of benzene rings is 2. The van der Waals surface area contributed by atoms with Crippen molar-refractivity contribution in [3.05, 3.63) is 59.4 Å². The molecule has 2 aromatic rings. The smallest absolute Gasteiger partial charge is 0.269 e. The number of nitrogens with one attached hydrogen (secondary N) is 2. The summed E-state index contributed by atoms with van der Waals surface area (Å²) >= 11 is 0. The first kappa shape index (κ1) is 18.7. The van der Waals surface area contributed by atoms with Crippen LogP contribution in [0.1, 0.15) is 35.7 Å². The number of rotatable bonds is 6. The van der Waals surface area contributed by atoms with Crippen molar-refractivity contribution in [3.8, 4) is 11.5 Å². The van der Waals surface area contributed by atoms with Crippen LogP contribution in [0.4, 0.5) is 4.39 Å². The summed E-state index contributed by atoms with van der Waals surface area (Å²) in [6, 6.07) is 10.6. The average molecular weight is 372 g/mol. The van der Waals surface area contributed by atoms with Crippen molar-refractivity contribution in [2.75, 3.05) is 13.7 Å². The van der Waals surface area contributed by atoms with Gasteiger partial charge in [-0.25, -0.2) is 4.39 Å².